The fourth-order valence-electron chi connectivity index (χ4n) is 2.74. The second-order valence-corrected chi connectivity index (χ2v) is 7.04. The Hall–Kier alpha value is -3.60. The van der Waals surface area contributed by atoms with Crippen LogP contribution in [0.3, 0.4) is 0 Å². The van der Waals surface area contributed by atoms with Crippen LogP contribution in [0.25, 0.3) is 10.9 Å². The van der Waals surface area contributed by atoms with E-state index in [2.05, 4.69) is 40.9 Å². The minimum atomic E-state index is -4.76. The third-order valence-electron chi connectivity index (χ3n) is 4.08. The van der Waals surface area contributed by atoms with Gasteiger partial charge in [0.25, 0.3) is 0 Å². The molecule has 0 amide bonds. The van der Waals surface area contributed by atoms with Gasteiger partial charge in [-0.15, -0.1) is 13.2 Å². The smallest absolute Gasteiger partial charge is 0.435 e. The van der Waals surface area contributed by atoms with Crippen molar-refractivity contribution >= 4 is 44.0 Å². The van der Waals surface area contributed by atoms with Crippen LogP contribution in [0.15, 0.2) is 65.5 Å². The molecule has 31 heavy (non-hydrogen) atoms. The Labute approximate surface area is 182 Å². The molecule has 0 unspecified atom stereocenters. The van der Waals surface area contributed by atoms with Gasteiger partial charge in [-0.1, -0.05) is 22.0 Å². The minimum absolute atomic E-state index is 0.101. The number of aromatic nitrogens is 3. The number of rotatable bonds is 5. The maximum absolute atomic E-state index is 12.3. The Kier molecular flexibility index (Phi) is 5.51. The summed E-state index contributed by atoms with van der Waals surface area (Å²) < 4.78 is 47.5. The molecule has 11 heteroatoms. The lowest BCUT2D eigenvalue weighted by molar-refractivity contribution is -0.274. The van der Waals surface area contributed by atoms with Gasteiger partial charge in [-0.05, 0) is 42.5 Å². The zero-order valence-electron chi connectivity index (χ0n) is 15.5. The third kappa shape index (κ3) is 4.77. The molecule has 0 fully saturated rings. The molecule has 0 atom stereocenters. The number of benzene rings is 2. The molecule has 2 heterocycles. The van der Waals surface area contributed by atoms with E-state index in [1.54, 1.807) is 12.3 Å². The fourth-order valence-corrected chi connectivity index (χ4v) is 3.19. The number of nitrogens with two attached hydrogens (primary N) is 1. The summed E-state index contributed by atoms with van der Waals surface area (Å²) in [4.78, 5) is 12.5. The van der Waals surface area contributed by atoms with Crippen molar-refractivity contribution in [3.63, 3.8) is 0 Å². The summed E-state index contributed by atoms with van der Waals surface area (Å²) in [7, 11) is 0. The largest absolute Gasteiger partial charge is 0.573 e. The lowest BCUT2D eigenvalue weighted by atomic mass is 10.2. The standard InChI is InChI=1S/C20H13BrF3N5O2/c21-14-7-8-15(17-13(14)2-1-9-26-17)30-19-16(25)18(27-10-28-19)29-11-3-5-12(6-4-11)31-20(22,23)24/h1-10H,25H2,(H,27,28,29). The van der Waals surface area contributed by atoms with Crippen molar-refractivity contribution in [2.75, 3.05) is 11.1 Å². The van der Waals surface area contributed by atoms with E-state index in [9.17, 15) is 13.2 Å². The van der Waals surface area contributed by atoms with Crippen LogP contribution in [-0.4, -0.2) is 21.3 Å². The quantitative estimate of drug-likeness (QED) is 0.364. The van der Waals surface area contributed by atoms with Gasteiger partial charge in [0.1, 0.15) is 23.3 Å². The van der Waals surface area contributed by atoms with Crippen LogP contribution in [-0.2, 0) is 0 Å². The Balaban J connectivity index is 1.58. The summed E-state index contributed by atoms with van der Waals surface area (Å²) in [6, 6.07) is 12.4. The van der Waals surface area contributed by atoms with E-state index in [0.717, 1.165) is 9.86 Å². The third-order valence-corrected chi connectivity index (χ3v) is 4.78. The highest BCUT2D eigenvalue weighted by atomic mass is 79.9. The van der Waals surface area contributed by atoms with Gasteiger partial charge in [0.05, 0.1) is 0 Å². The summed E-state index contributed by atoms with van der Waals surface area (Å²) in [5.74, 6) is 0.434. The van der Waals surface area contributed by atoms with Gasteiger partial charge in [0, 0.05) is 21.7 Å². The highest BCUT2D eigenvalue weighted by Gasteiger charge is 2.31. The number of nitrogens with one attached hydrogen (secondary N) is 1. The minimum Gasteiger partial charge on any atom is -0.435 e. The predicted molar refractivity (Wildman–Crippen MR) is 112 cm³/mol. The van der Waals surface area contributed by atoms with Crippen LogP contribution >= 0.6 is 15.9 Å². The van der Waals surface area contributed by atoms with Crippen molar-refractivity contribution in [3.05, 3.63) is 65.5 Å². The SMILES string of the molecule is Nc1c(Nc2ccc(OC(F)(F)F)cc2)ncnc1Oc1ccc(Br)c2cccnc12. The van der Waals surface area contributed by atoms with Crippen molar-refractivity contribution < 1.29 is 22.6 Å². The molecule has 7 nitrogen and oxygen atoms in total. The van der Waals surface area contributed by atoms with Crippen LogP contribution in [0.1, 0.15) is 0 Å². The van der Waals surface area contributed by atoms with Crippen molar-refractivity contribution in [1.29, 1.82) is 0 Å². The molecule has 0 aliphatic carbocycles. The van der Waals surface area contributed by atoms with Gasteiger partial charge in [-0.3, -0.25) is 4.98 Å². The van der Waals surface area contributed by atoms with Crippen molar-refractivity contribution in [2.24, 2.45) is 0 Å². The highest BCUT2D eigenvalue weighted by molar-refractivity contribution is 9.10. The van der Waals surface area contributed by atoms with Crippen LogP contribution < -0.4 is 20.5 Å². The highest BCUT2D eigenvalue weighted by Crippen LogP contribution is 2.36. The number of nitrogens with zero attached hydrogens (tertiary/aromatic N) is 3. The first kappa shape index (κ1) is 20.7. The maximum atomic E-state index is 12.3. The Morgan fingerprint density at radius 3 is 2.48 bits per heavy atom. The molecular weight excluding hydrogens is 479 g/mol. The van der Waals surface area contributed by atoms with Crippen molar-refractivity contribution in [3.8, 4) is 17.4 Å². The first-order chi connectivity index (χ1) is 14.8. The molecule has 158 valence electrons. The molecule has 0 saturated heterocycles. The predicted octanol–water partition coefficient (Wildman–Crippen LogP) is 5.80. The van der Waals surface area contributed by atoms with Gasteiger partial charge < -0.3 is 20.5 Å². The fraction of sp³-hybridized carbons (Fsp3) is 0.0500. The molecule has 2 aromatic heterocycles. The van der Waals surface area contributed by atoms with Crippen molar-refractivity contribution in [2.45, 2.75) is 6.36 Å². The van der Waals surface area contributed by atoms with Gasteiger partial charge in [0.2, 0.25) is 5.88 Å². The normalized spacial score (nSPS) is 11.4. The maximum Gasteiger partial charge on any atom is 0.573 e. The monoisotopic (exact) mass is 491 g/mol. The number of alkyl halides is 3. The second-order valence-electron chi connectivity index (χ2n) is 6.19. The molecule has 0 aliphatic heterocycles. The van der Waals surface area contributed by atoms with Gasteiger partial charge in [-0.2, -0.15) is 4.98 Å². The summed E-state index contributed by atoms with van der Waals surface area (Å²) in [5, 5.41) is 3.77. The van der Waals surface area contributed by atoms with E-state index < -0.39 is 6.36 Å². The number of pyridine rings is 1. The van der Waals surface area contributed by atoms with Crippen LogP contribution in [0.4, 0.5) is 30.4 Å². The van der Waals surface area contributed by atoms with E-state index in [-0.39, 0.29) is 23.1 Å². The van der Waals surface area contributed by atoms with Crippen LogP contribution in [0, 0.1) is 0 Å². The average Bonchev–Trinajstić information content (AvgIpc) is 2.73. The summed E-state index contributed by atoms with van der Waals surface area (Å²) >= 11 is 3.47. The van der Waals surface area contributed by atoms with Gasteiger partial charge >= 0.3 is 6.36 Å². The van der Waals surface area contributed by atoms with Crippen LogP contribution in [0.5, 0.6) is 17.4 Å². The molecule has 0 saturated carbocycles. The number of halogens is 4. The topological polar surface area (TPSA) is 95.2 Å². The summed E-state index contributed by atoms with van der Waals surface area (Å²) in [6.07, 6.45) is -1.86. The van der Waals surface area contributed by atoms with E-state index in [0.29, 0.717) is 17.0 Å². The number of nitrogen functional groups attached to an aromatic ring is 1. The number of fused-ring (bicyclic) bond motifs is 1. The average molecular weight is 492 g/mol. The van der Waals surface area contributed by atoms with E-state index in [1.807, 2.05) is 18.2 Å². The number of hydrogen-bond acceptors (Lipinski definition) is 7. The molecule has 3 N–H and O–H groups in total. The van der Waals surface area contributed by atoms with Crippen LogP contribution in [0.2, 0.25) is 0 Å². The number of anilines is 3. The van der Waals surface area contributed by atoms with E-state index in [1.165, 1.54) is 30.6 Å². The Morgan fingerprint density at radius 2 is 1.74 bits per heavy atom. The Morgan fingerprint density at radius 1 is 0.968 bits per heavy atom. The van der Waals surface area contributed by atoms with Crippen molar-refractivity contribution in [1.82, 2.24) is 15.0 Å². The first-order valence-corrected chi connectivity index (χ1v) is 9.54. The second kappa shape index (κ2) is 8.26. The van der Waals surface area contributed by atoms with E-state index in [4.69, 9.17) is 10.5 Å². The zero-order valence-corrected chi connectivity index (χ0v) is 17.1. The molecule has 0 bridgehead atoms. The zero-order chi connectivity index (χ0) is 22.0. The van der Waals surface area contributed by atoms with Gasteiger partial charge in [0.15, 0.2) is 11.6 Å². The molecule has 4 rings (SSSR count). The lowest BCUT2D eigenvalue weighted by Gasteiger charge is -2.13. The Bertz CT molecular complexity index is 1240. The summed E-state index contributed by atoms with van der Waals surface area (Å²) in [5.41, 5.74) is 7.33. The molecule has 0 radical (unpaired) electrons. The first-order valence-electron chi connectivity index (χ1n) is 8.74. The summed E-state index contributed by atoms with van der Waals surface area (Å²) in [6.45, 7) is 0. The number of ether oxygens (including phenoxy) is 2. The van der Waals surface area contributed by atoms with E-state index >= 15 is 0 Å². The molecular formula is C20H13BrF3N5O2. The van der Waals surface area contributed by atoms with Gasteiger partial charge in [-0.25, -0.2) is 4.98 Å². The lowest BCUT2D eigenvalue weighted by Crippen LogP contribution is -2.17. The molecule has 0 spiro atoms. The molecule has 4 aromatic rings. The molecule has 0 aliphatic rings. The molecule has 2 aromatic carbocycles. The number of hydrogen-bond donors (Lipinski definition) is 2.